The van der Waals surface area contributed by atoms with Crippen molar-refractivity contribution in [3.8, 4) is 0 Å². The zero-order chi connectivity index (χ0) is 9.72. The Hall–Kier alpha value is -0.370. The molecule has 2 heteroatoms. The van der Waals surface area contributed by atoms with Crippen LogP contribution in [0, 0.1) is 11.8 Å². The van der Waals surface area contributed by atoms with Crippen LogP contribution in [0.3, 0.4) is 0 Å². The summed E-state index contributed by atoms with van der Waals surface area (Å²) in [6.45, 7) is 8.11. The van der Waals surface area contributed by atoms with Gasteiger partial charge in [0.05, 0.1) is 0 Å². The lowest BCUT2D eigenvalue weighted by Crippen LogP contribution is -2.29. The van der Waals surface area contributed by atoms with E-state index in [1.165, 1.54) is 0 Å². The molecule has 72 valence electrons. The third-order valence-electron chi connectivity index (χ3n) is 1.79. The Morgan fingerprint density at radius 2 is 1.75 bits per heavy atom. The first kappa shape index (κ1) is 11.6. The van der Waals surface area contributed by atoms with E-state index in [-0.39, 0.29) is 17.8 Å². The number of Topliss-reactive ketones (excluding diaryl/α,β-unsaturated/α-hetero) is 1. The largest absolute Gasteiger partial charge is 0.373 e. The average molecular weight is 172 g/mol. The number of hydrogen-bond donors (Lipinski definition) is 0. The van der Waals surface area contributed by atoms with Gasteiger partial charge in [0.2, 0.25) is 0 Å². The molecule has 0 aromatic heterocycles. The highest BCUT2D eigenvalue weighted by atomic mass is 16.5. The second-order valence-corrected chi connectivity index (χ2v) is 3.96. The predicted molar refractivity (Wildman–Crippen MR) is 50.1 cm³/mol. The van der Waals surface area contributed by atoms with E-state index >= 15 is 0 Å². The summed E-state index contributed by atoms with van der Waals surface area (Å²) in [5.74, 6) is 0.928. The van der Waals surface area contributed by atoms with Gasteiger partial charge in [0.25, 0.3) is 0 Å². The molecule has 12 heavy (non-hydrogen) atoms. The van der Waals surface area contributed by atoms with Gasteiger partial charge >= 0.3 is 0 Å². The molecule has 0 aliphatic heterocycles. The molecule has 0 spiro atoms. The van der Waals surface area contributed by atoms with Crippen molar-refractivity contribution in [2.75, 3.05) is 7.11 Å². The summed E-state index contributed by atoms with van der Waals surface area (Å²) in [5, 5.41) is 0. The zero-order valence-electron chi connectivity index (χ0n) is 8.76. The average Bonchev–Trinajstić information content (AvgIpc) is 1.85. The summed E-state index contributed by atoms with van der Waals surface area (Å²) >= 11 is 0. The lowest BCUT2D eigenvalue weighted by Gasteiger charge is -2.18. The first-order chi connectivity index (χ1) is 5.49. The molecule has 0 rings (SSSR count). The van der Waals surface area contributed by atoms with Gasteiger partial charge in [0, 0.05) is 13.5 Å². The topological polar surface area (TPSA) is 26.3 Å². The van der Waals surface area contributed by atoms with Crippen molar-refractivity contribution in [3.05, 3.63) is 0 Å². The molecule has 0 amide bonds. The smallest absolute Gasteiger partial charge is 0.162 e. The molecule has 0 aromatic carbocycles. The van der Waals surface area contributed by atoms with Gasteiger partial charge in [-0.2, -0.15) is 0 Å². The molecule has 0 radical (unpaired) electrons. The van der Waals surface area contributed by atoms with Gasteiger partial charge in [0.1, 0.15) is 6.10 Å². The highest BCUT2D eigenvalue weighted by Crippen LogP contribution is 2.12. The number of ketones is 1. The summed E-state index contributed by atoms with van der Waals surface area (Å²) < 4.78 is 5.12. The molecule has 0 fully saturated rings. The summed E-state index contributed by atoms with van der Waals surface area (Å²) in [5.41, 5.74) is 0. The third-order valence-corrected chi connectivity index (χ3v) is 1.79. The molecular formula is C10H20O2. The molecule has 0 aliphatic rings. The van der Waals surface area contributed by atoms with E-state index in [9.17, 15) is 4.79 Å². The number of carbonyl (C=O) groups excluding carboxylic acids is 1. The summed E-state index contributed by atoms with van der Waals surface area (Å²) in [6.07, 6.45) is 0.406. The van der Waals surface area contributed by atoms with Crippen molar-refractivity contribution in [3.63, 3.8) is 0 Å². The fourth-order valence-corrected chi connectivity index (χ4v) is 1.29. The van der Waals surface area contributed by atoms with Crippen molar-refractivity contribution in [1.29, 1.82) is 0 Å². The summed E-state index contributed by atoms with van der Waals surface area (Å²) in [6, 6.07) is 0. The van der Waals surface area contributed by atoms with E-state index < -0.39 is 0 Å². The standard InChI is InChI=1S/C10H20O2/c1-7(2)6-9(11)10(12-5)8(3)4/h7-8,10H,6H2,1-5H3/t10-/m1/s1. The number of methoxy groups -OCH3 is 1. The van der Waals surface area contributed by atoms with Crippen LogP contribution < -0.4 is 0 Å². The first-order valence-electron chi connectivity index (χ1n) is 4.54. The first-order valence-corrected chi connectivity index (χ1v) is 4.54. The highest BCUT2D eigenvalue weighted by molar-refractivity contribution is 5.83. The van der Waals surface area contributed by atoms with Crippen LogP contribution in [0.4, 0.5) is 0 Å². The van der Waals surface area contributed by atoms with E-state index in [0.29, 0.717) is 12.3 Å². The van der Waals surface area contributed by atoms with Crippen LogP contribution in [0.25, 0.3) is 0 Å². The molecule has 0 unspecified atom stereocenters. The normalized spacial score (nSPS) is 13.9. The van der Waals surface area contributed by atoms with E-state index in [0.717, 1.165) is 0 Å². The molecule has 0 saturated heterocycles. The Morgan fingerprint density at radius 3 is 2.00 bits per heavy atom. The van der Waals surface area contributed by atoms with Crippen LogP contribution in [-0.2, 0) is 9.53 Å². The maximum absolute atomic E-state index is 11.5. The van der Waals surface area contributed by atoms with Crippen molar-refractivity contribution in [1.82, 2.24) is 0 Å². The molecule has 0 N–H and O–H groups in total. The van der Waals surface area contributed by atoms with Crippen LogP contribution in [0.2, 0.25) is 0 Å². The van der Waals surface area contributed by atoms with Gasteiger partial charge < -0.3 is 4.74 Å². The highest BCUT2D eigenvalue weighted by Gasteiger charge is 2.21. The second-order valence-electron chi connectivity index (χ2n) is 3.96. The third kappa shape index (κ3) is 3.86. The Labute approximate surface area is 75.3 Å². The zero-order valence-corrected chi connectivity index (χ0v) is 8.76. The molecule has 0 bridgehead atoms. The summed E-state index contributed by atoms with van der Waals surface area (Å²) in [7, 11) is 1.60. The Bertz CT molecular complexity index is 139. The van der Waals surface area contributed by atoms with Gasteiger partial charge in [-0.1, -0.05) is 27.7 Å². The van der Waals surface area contributed by atoms with E-state index in [4.69, 9.17) is 4.74 Å². The molecule has 2 nitrogen and oxygen atoms in total. The quantitative estimate of drug-likeness (QED) is 0.636. The SMILES string of the molecule is CO[C@@H](C(=O)CC(C)C)C(C)C. The van der Waals surface area contributed by atoms with E-state index in [1.807, 2.05) is 27.7 Å². The Balaban J connectivity index is 4.04. The molecular weight excluding hydrogens is 152 g/mol. The van der Waals surface area contributed by atoms with Crippen molar-refractivity contribution < 1.29 is 9.53 Å². The minimum absolute atomic E-state index is 0.215. The Morgan fingerprint density at radius 1 is 1.25 bits per heavy atom. The number of rotatable bonds is 5. The lowest BCUT2D eigenvalue weighted by atomic mass is 9.96. The molecule has 0 aliphatic carbocycles. The second kappa shape index (κ2) is 5.31. The lowest BCUT2D eigenvalue weighted by molar-refractivity contribution is -0.131. The fraction of sp³-hybridized carbons (Fsp3) is 0.900. The molecule has 0 aromatic rings. The fourth-order valence-electron chi connectivity index (χ4n) is 1.29. The van der Waals surface area contributed by atoms with Gasteiger partial charge in [-0.05, 0) is 11.8 Å². The predicted octanol–water partition coefficient (Wildman–Crippen LogP) is 2.27. The molecule has 0 saturated carbocycles. The van der Waals surface area contributed by atoms with Gasteiger partial charge in [-0.15, -0.1) is 0 Å². The maximum atomic E-state index is 11.5. The van der Waals surface area contributed by atoms with E-state index in [2.05, 4.69) is 0 Å². The molecule has 0 heterocycles. The Kier molecular flexibility index (Phi) is 5.14. The van der Waals surface area contributed by atoms with Crippen molar-refractivity contribution >= 4 is 5.78 Å². The van der Waals surface area contributed by atoms with Crippen LogP contribution in [0.15, 0.2) is 0 Å². The van der Waals surface area contributed by atoms with Crippen molar-refractivity contribution in [2.45, 2.75) is 40.2 Å². The molecule has 1 atom stereocenters. The van der Waals surface area contributed by atoms with Gasteiger partial charge in [-0.3, -0.25) is 4.79 Å². The van der Waals surface area contributed by atoms with E-state index in [1.54, 1.807) is 7.11 Å². The minimum atomic E-state index is -0.215. The summed E-state index contributed by atoms with van der Waals surface area (Å²) in [4.78, 5) is 11.5. The number of carbonyl (C=O) groups is 1. The minimum Gasteiger partial charge on any atom is -0.373 e. The van der Waals surface area contributed by atoms with Crippen LogP contribution >= 0.6 is 0 Å². The maximum Gasteiger partial charge on any atom is 0.162 e. The number of hydrogen-bond acceptors (Lipinski definition) is 2. The number of ether oxygens (including phenoxy) is 1. The monoisotopic (exact) mass is 172 g/mol. The van der Waals surface area contributed by atoms with Crippen LogP contribution in [0.1, 0.15) is 34.1 Å². The van der Waals surface area contributed by atoms with Crippen LogP contribution in [-0.4, -0.2) is 19.0 Å². The van der Waals surface area contributed by atoms with Crippen molar-refractivity contribution in [2.24, 2.45) is 11.8 Å². The van der Waals surface area contributed by atoms with Gasteiger partial charge in [-0.25, -0.2) is 0 Å². The van der Waals surface area contributed by atoms with Crippen LogP contribution in [0.5, 0.6) is 0 Å². The van der Waals surface area contributed by atoms with Gasteiger partial charge in [0.15, 0.2) is 5.78 Å².